The molecule has 0 saturated carbocycles. The van der Waals surface area contributed by atoms with Gasteiger partial charge in [-0.1, -0.05) is 36.4 Å². The van der Waals surface area contributed by atoms with Gasteiger partial charge in [0, 0.05) is 0 Å². The van der Waals surface area contributed by atoms with Gasteiger partial charge < -0.3 is 14.6 Å². The third-order valence-corrected chi connectivity index (χ3v) is 3.49. The molecule has 0 aromatic heterocycles. The Morgan fingerprint density at radius 1 is 1.09 bits per heavy atom. The van der Waals surface area contributed by atoms with Crippen molar-refractivity contribution in [3.8, 4) is 5.75 Å². The fourth-order valence-electron chi connectivity index (χ4n) is 2.29. The number of aliphatic hydroxyl groups is 1. The Morgan fingerprint density at radius 3 is 2.00 bits per heavy atom. The molecule has 0 aliphatic carbocycles. The second kappa shape index (κ2) is 7.39. The highest BCUT2D eigenvalue weighted by atomic mass is 16.5. The first kappa shape index (κ1) is 16.5. The van der Waals surface area contributed by atoms with Gasteiger partial charge in [0.05, 0.1) is 20.3 Å². The highest BCUT2D eigenvalue weighted by Crippen LogP contribution is 2.29. The third kappa shape index (κ3) is 3.65. The van der Waals surface area contributed by atoms with Gasteiger partial charge in [-0.05, 0) is 41.3 Å². The predicted octanol–water partition coefficient (Wildman–Crippen LogP) is 3.46. The van der Waals surface area contributed by atoms with E-state index in [0.717, 1.165) is 16.7 Å². The van der Waals surface area contributed by atoms with Crippen LogP contribution in [-0.2, 0) is 11.4 Å². The van der Waals surface area contributed by atoms with Crippen molar-refractivity contribution in [2.75, 3.05) is 7.11 Å². The minimum Gasteiger partial charge on any atom is -0.497 e. The molecule has 2 aromatic carbocycles. The van der Waals surface area contributed by atoms with Gasteiger partial charge in [0.2, 0.25) is 5.70 Å². The Bertz CT molecular complexity index is 716. The fraction of sp³-hybridized carbons (Fsp3) is 0.158. The maximum atomic E-state index is 11.9. The first-order valence-electron chi connectivity index (χ1n) is 7.08. The number of ketones is 1. The molecule has 0 fully saturated rings. The van der Waals surface area contributed by atoms with E-state index in [2.05, 4.69) is 4.85 Å². The molecule has 0 spiro atoms. The summed E-state index contributed by atoms with van der Waals surface area (Å²) in [4.78, 5) is 15.3. The van der Waals surface area contributed by atoms with Gasteiger partial charge in [-0.3, -0.25) is 0 Å². The summed E-state index contributed by atoms with van der Waals surface area (Å²) in [6, 6.07) is 14.4. The van der Waals surface area contributed by atoms with Crippen LogP contribution in [0, 0.1) is 6.57 Å². The Kier molecular flexibility index (Phi) is 5.29. The van der Waals surface area contributed by atoms with Crippen molar-refractivity contribution in [2.24, 2.45) is 0 Å². The second-order valence-electron chi connectivity index (χ2n) is 4.98. The summed E-state index contributed by atoms with van der Waals surface area (Å²) in [7, 11) is 1.58. The molecule has 116 valence electrons. The number of methoxy groups -OCH3 is 1. The number of benzene rings is 2. The maximum absolute atomic E-state index is 11.9. The molecule has 0 radical (unpaired) electrons. The highest BCUT2D eigenvalue weighted by Gasteiger charge is 2.16. The lowest BCUT2D eigenvalue weighted by Gasteiger charge is -2.12. The number of allylic oxidation sites excluding steroid dienone is 1. The molecular weight excluding hydrogens is 290 g/mol. The number of aliphatic hydroxyl groups excluding tert-OH is 1. The van der Waals surface area contributed by atoms with E-state index in [0.29, 0.717) is 11.3 Å². The number of carbonyl (C=O) groups is 1. The lowest BCUT2D eigenvalue weighted by atomic mass is 9.94. The zero-order valence-electron chi connectivity index (χ0n) is 13.0. The summed E-state index contributed by atoms with van der Waals surface area (Å²) < 4.78 is 5.15. The topological polar surface area (TPSA) is 50.9 Å². The zero-order valence-corrected chi connectivity index (χ0v) is 13.0. The third-order valence-electron chi connectivity index (χ3n) is 3.49. The predicted molar refractivity (Wildman–Crippen MR) is 88.7 cm³/mol. The van der Waals surface area contributed by atoms with Gasteiger partial charge in [0.15, 0.2) is 5.78 Å². The average Bonchev–Trinajstić information content (AvgIpc) is 2.59. The highest BCUT2D eigenvalue weighted by molar-refractivity contribution is 6.06. The lowest BCUT2D eigenvalue weighted by molar-refractivity contribution is -0.113. The number of nitrogens with zero attached hydrogens (tertiary/aromatic N) is 1. The van der Waals surface area contributed by atoms with E-state index in [1.807, 2.05) is 12.1 Å². The van der Waals surface area contributed by atoms with Gasteiger partial charge in [0.25, 0.3) is 0 Å². The van der Waals surface area contributed by atoms with Gasteiger partial charge in [-0.15, -0.1) is 0 Å². The van der Waals surface area contributed by atoms with Crippen LogP contribution in [0.2, 0.25) is 0 Å². The minimum absolute atomic E-state index is 0.0513. The summed E-state index contributed by atoms with van der Waals surface area (Å²) in [5.74, 6) is 0.424. The van der Waals surface area contributed by atoms with Gasteiger partial charge in [-0.2, -0.15) is 0 Å². The summed E-state index contributed by atoms with van der Waals surface area (Å²) in [5.41, 5.74) is 2.97. The van der Waals surface area contributed by atoms with Gasteiger partial charge >= 0.3 is 0 Å². The molecule has 1 N–H and O–H groups in total. The van der Waals surface area contributed by atoms with Crippen LogP contribution in [0.15, 0.2) is 54.2 Å². The van der Waals surface area contributed by atoms with Crippen molar-refractivity contribution in [3.05, 3.63) is 82.3 Å². The van der Waals surface area contributed by atoms with Crippen molar-refractivity contribution < 1.29 is 14.6 Å². The van der Waals surface area contributed by atoms with Crippen LogP contribution in [0.3, 0.4) is 0 Å². The van der Waals surface area contributed by atoms with Gasteiger partial charge in [0.1, 0.15) is 5.75 Å². The first-order chi connectivity index (χ1) is 11.1. The molecule has 0 aliphatic heterocycles. The van der Waals surface area contributed by atoms with Crippen LogP contribution in [0.5, 0.6) is 5.75 Å². The average molecular weight is 307 g/mol. The zero-order chi connectivity index (χ0) is 16.8. The standard InChI is InChI=1S/C19H17NO3/c1-13(22)19(20-2)18(15-6-4-14(12-21)5-7-15)16-8-10-17(23-3)11-9-16/h4-11,21H,12H2,1,3H3/b19-18+. The molecule has 23 heavy (non-hydrogen) atoms. The van der Waals surface area contributed by atoms with E-state index in [4.69, 9.17) is 16.4 Å². The number of ether oxygens (including phenoxy) is 1. The molecular formula is C19H17NO3. The molecule has 4 heteroatoms. The molecule has 2 aromatic rings. The molecule has 0 amide bonds. The van der Waals surface area contributed by atoms with Crippen LogP contribution in [0.25, 0.3) is 10.4 Å². The van der Waals surface area contributed by atoms with Crippen LogP contribution in [-0.4, -0.2) is 18.0 Å². The number of carbonyl (C=O) groups excluding carboxylic acids is 1. The van der Waals surface area contributed by atoms with Crippen LogP contribution < -0.4 is 4.74 Å². The molecule has 0 bridgehead atoms. The van der Waals surface area contributed by atoms with E-state index < -0.39 is 0 Å². The molecule has 0 heterocycles. The monoisotopic (exact) mass is 307 g/mol. The lowest BCUT2D eigenvalue weighted by Crippen LogP contribution is -2.00. The summed E-state index contributed by atoms with van der Waals surface area (Å²) in [6.45, 7) is 8.69. The van der Waals surface area contributed by atoms with E-state index in [-0.39, 0.29) is 18.1 Å². The molecule has 2 rings (SSSR count). The quantitative estimate of drug-likeness (QED) is 0.680. The number of hydrogen-bond donors (Lipinski definition) is 1. The van der Waals surface area contributed by atoms with Gasteiger partial charge in [-0.25, -0.2) is 4.85 Å². The molecule has 4 nitrogen and oxygen atoms in total. The van der Waals surface area contributed by atoms with Crippen molar-refractivity contribution in [3.63, 3.8) is 0 Å². The molecule has 0 unspecified atom stereocenters. The Balaban J connectivity index is 2.64. The van der Waals surface area contributed by atoms with E-state index in [1.165, 1.54) is 6.92 Å². The minimum atomic E-state index is -0.281. The number of rotatable bonds is 5. The van der Waals surface area contributed by atoms with Crippen LogP contribution >= 0.6 is 0 Å². The number of hydrogen-bond acceptors (Lipinski definition) is 3. The Hall–Kier alpha value is -2.90. The number of Topliss-reactive ketones (excluding diaryl/α,β-unsaturated/α-hetero) is 1. The SMILES string of the molecule is [C-]#[N+]/C(C(C)=O)=C(\c1ccc(CO)cc1)c1ccc(OC)cc1. The summed E-state index contributed by atoms with van der Waals surface area (Å²) in [6.07, 6.45) is 0. The van der Waals surface area contributed by atoms with Crippen molar-refractivity contribution in [2.45, 2.75) is 13.5 Å². The van der Waals surface area contributed by atoms with E-state index in [9.17, 15) is 4.79 Å². The van der Waals surface area contributed by atoms with Crippen LogP contribution in [0.1, 0.15) is 23.6 Å². The van der Waals surface area contributed by atoms with E-state index >= 15 is 0 Å². The fourth-order valence-corrected chi connectivity index (χ4v) is 2.29. The summed E-state index contributed by atoms with van der Waals surface area (Å²) >= 11 is 0. The normalized spacial score (nSPS) is 11.4. The summed E-state index contributed by atoms with van der Waals surface area (Å²) in [5, 5.41) is 9.16. The smallest absolute Gasteiger partial charge is 0.237 e. The molecule has 0 saturated heterocycles. The first-order valence-corrected chi connectivity index (χ1v) is 7.08. The molecule has 0 atom stereocenters. The Labute approximate surface area is 135 Å². The van der Waals surface area contributed by atoms with Crippen molar-refractivity contribution in [1.29, 1.82) is 0 Å². The van der Waals surface area contributed by atoms with Crippen LogP contribution in [0.4, 0.5) is 0 Å². The van der Waals surface area contributed by atoms with Crippen molar-refractivity contribution >= 4 is 11.4 Å². The second-order valence-corrected chi connectivity index (χ2v) is 4.98. The van der Waals surface area contributed by atoms with E-state index in [1.54, 1.807) is 43.5 Å². The maximum Gasteiger partial charge on any atom is 0.237 e. The largest absolute Gasteiger partial charge is 0.497 e. The molecule has 0 aliphatic rings. The Morgan fingerprint density at radius 2 is 1.61 bits per heavy atom. The van der Waals surface area contributed by atoms with Crippen molar-refractivity contribution in [1.82, 2.24) is 0 Å².